The minimum Gasteiger partial charge on any atom is -0.395 e. The van der Waals surface area contributed by atoms with Crippen molar-refractivity contribution in [1.29, 1.82) is 0 Å². The van der Waals surface area contributed by atoms with E-state index in [0.29, 0.717) is 18.5 Å². The van der Waals surface area contributed by atoms with Gasteiger partial charge in [-0.25, -0.2) is 4.68 Å². The van der Waals surface area contributed by atoms with Crippen molar-refractivity contribution in [2.45, 2.75) is 19.1 Å². The van der Waals surface area contributed by atoms with E-state index in [9.17, 15) is 8.78 Å². The van der Waals surface area contributed by atoms with Crippen LogP contribution in [0.3, 0.4) is 0 Å². The van der Waals surface area contributed by atoms with Gasteiger partial charge in [-0.1, -0.05) is 12.1 Å². The Balaban J connectivity index is 1.90. The largest absolute Gasteiger partial charge is 0.586 e. The van der Waals surface area contributed by atoms with Crippen molar-refractivity contribution in [3.8, 4) is 17.2 Å². The van der Waals surface area contributed by atoms with E-state index in [1.54, 1.807) is 12.3 Å². The van der Waals surface area contributed by atoms with Gasteiger partial charge < -0.3 is 9.47 Å². The number of fused-ring (bicyclic) bond motifs is 1. The van der Waals surface area contributed by atoms with Crippen LogP contribution in [0.15, 0.2) is 24.4 Å². The van der Waals surface area contributed by atoms with E-state index >= 15 is 0 Å². The van der Waals surface area contributed by atoms with Crippen LogP contribution in [0.4, 0.5) is 8.78 Å². The second kappa shape index (κ2) is 4.18. The number of hydrogen-bond acceptors (Lipinski definition) is 4. The Bertz CT molecular complexity index is 613. The van der Waals surface area contributed by atoms with Crippen LogP contribution in [-0.4, -0.2) is 21.3 Å². The number of hydrogen-bond donors (Lipinski definition) is 0. The molecule has 0 amide bonds. The van der Waals surface area contributed by atoms with Crippen LogP contribution >= 0.6 is 0 Å². The van der Waals surface area contributed by atoms with Crippen molar-refractivity contribution < 1.29 is 18.3 Å². The van der Waals surface area contributed by atoms with Crippen molar-refractivity contribution in [3.63, 3.8) is 0 Å². The number of alkyl halides is 2. The van der Waals surface area contributed by atoms with Gasteiger partial charge in [0.25, 0.3) is 0 Å². The zero-order valence-electron chi connectivity index (χ0n) is 9.84. The summed E-state index contributed by atoms with van der Waals surface area (Å²) in [5.74, 6) is -0.0106. The Labute approximate surface area is 107 Å². The lowest BCUT2D eigenvalue weighted by molar-refractivity contribution is -0.286. The molecule has 1 aliphatic heterocycles. The molecule has 0 N–H and O–H groups in total. The Morgan fingerprint density at radius 3 is 2.84 bits per heavy atom. The molecule has 0 atom stereocenters. The fourth-order valence-corrected chi connectivity index (χ4v) is 1.80. The molecular formula is C12H10F2N3O2. The van der Waals surface area contributed by atoms with Crippen LogP contribution in [0.25, 0.3) is 5.69 Å². The van der Waals surface area contributed by atoms with Gasteiger partial charge in [-0.15, -0.1) is 13.9 Å². The summed E-state index contributed by atoms with van der Waals surface area (Å²) >= 11 is 0. The predicted molar refractivity (Wildman–Crippen MR) is 61.2 cm³/mol. The van der Waals surface area contributed by atoms with Gasteiger partial charge in [0, 0.05) is 6.07 Å². The minimum atomic E-state index is -3.61. The van der Waals surface area contributed by atoms with Crippen LogP contribution in [-0.2, 0) is 6.42 Å². The maximum Gasteiger partial charge on any atom is 0.586 e. The van der Waals surface area contributed by atoms with E-state index in [1.807, 2.05) is 0 Å². The molecule has 0 aliphatic carbocycles. The van der Waals surface area contributed by atoms with Crippen molar-refractivity contribution in [2.75, 3.05) is 0 Å². The van der Waals surface area contributed by atoms with Gasteiger partial charge in [0.2, 0.25) is 0 Å². The predicted octanol–water partition coefficient (Wildman–Crippen LogP) is 2.36. The van der Waals surface area contributed by atoms with Crippen LogP contribution in [0.1, 0.15) is 12.1 Å². The van der Waals surface area contributed by atoms with Crippen molar-refractivity contribution in [3.05, 3.63) is 37.0 Å². The molecule has 7 heteroatoms. The van der Waals surface area contributed by atoms with E-state index in [0.717, 1.165) is 5.69 Å². The molecule has 2 heterocycles. The van der Waals surface area contributed by atoms with Crippen LogP contribution in [0.2, 0.25) is 0 Å². The monoisotopic (exact) mass is 266 g/mol. The van der Waals surface area contributed by atoms with E-state index < -0.39 is 6.29 Å². The van der Waals surface area contributed by atoms with Crippen molar-refractivity contribution >= 4 is 0 Å². The van der Waals surface area contributed by atoms with E-state index in [-0.39, 0.29) is 11.5 Å². The average Bonchev–Trinajstić information content (AvgIpc) is 2.90. The Morgan fingerprint density at radius 1 is 1.26 bits per heavy atom. The van der Waals surface area contributed by atoms with Gasteiger partial charge >= 0.3 is 6.29 Å². The van der Waals surface area contributed by atoms with E-state index in [1.165, 1.54) is 16.8 Å². The normalized spacial score (nSPS) is 15.7. The topological polar surface area (TPSA) is 49.2 Å². The summed E-state index contributed by atoms with van der Waals surface area (Å²) in [5, 5.41) is 7.88. The molecule has 99 valence electrons. The summed E-state index contributed by atoms with van der Waals surface area (Å²) in [6.45, 7) is 3.73. The molecule has 0 unspecified atom stereocenters. The molecule has 19 heavy (non-hydrogen) atoms. The summed E-state index contributed by atoms with van der Waals surface area (Å²) in [5.41, 5.74) is 1.36. The molecule has 1 aromatic heterocycles. The zero-order chi connectivity index (χ0) is 13.5. The molecule has 0 fully saturated rings. The first-order valence-corrected chi connectivity index (χ1v) is 5.68. The van der Waals surface area contributed by atoms with Gasteiger partial charge in [-0.3, -0.25) is 0 Å². The van der Waals surface area contributed by atoms with Gasteiger partial charge in [0.15, 0.2) is 11.5 Å². The molecule has 2 aromatic rings. The van der Waals surface area contributed by atoms with Crippen LogP contribution < -0.4 is 9.47 Å². The summed E-state index contributed by atoms with van der Waals surface area (Å²) in [6, 6.07) is 4.44. The number of nitrogens with zero attached hydrogens (tertiary/aromatic N) is 3. The lowest BCUT2D eigenvalue weighted by Gasteiger charge is -2.04. The number of halogens is 2. The smallest absolute Gasteiger partial charge is 0.395 e. The van der Waals surface area contributed by atoms with Gasteiger partial charge in [-0.05, 0) is 25.0 Å². The zero-order valence-corrected chi connectivity index (χ0v) is 9.84. The molecule has 1 radical (unpaired) electrons. The minimum absolute atomic E-state index is 0.00634. The average molecular weight is 266 g/mol. The summed E-state index contributed by atoms with van der Waals surface area (Å²) < 4.78 is 36.0. The first kappa shape index (κ1) is 11.9. The molecule has 3 rings (SSSR count). The third-order valence-electron chi connectivity index (χ3n) is 2.62. The lowest BCUT2D eigenvalue weighted by Crippen LogP contribution is -2.25. The van der Waals surface area contributed by atoms with Crippen LogP contribution in [0.5, 0.6) is 11.5 Å². The van der Waals surface area contributed by atoms with Gasteiger partial charge in [0.05, 0.1) is 17.6 Å². The third kappa shape index (κ3) is 2.23. The first-order valence-electron chi connectivity index (χ1n) is 5.68. The molecule has 1 aromatic carbocycles. The highest BCUT2D eigenvalue weighted by Gasteiger charge is 2.43. The molecule has 0 spiro atoms. The number of rotatable bonds is 3. The molecule has 0 saturated carbocycles. The second-order valence-corrected chi connectivity index (χ2v) is 4.06. The highest BCUT2D eigenvalue weighted by Crippen LogP contribution is 2.41. The first-order chi connectivity index (χ1) is 9.07. The molecule has 0 saturated heterocycles. The molecular weight excluding hydrogens is 256 g/mol. The van der Waals surface area contributed by atoms with Crippen LogP contribution in [0, 0.1) is 6.92 Å². The fourth-order valence-electron chi connectivity index (χ4n) is 1.80. The fraction of sp³-hybridized carbons (Fsp3) is 0.250. The maximum atomic E-state index is 12.9. The maximum absolute atomic E-state index is 12.9. The SMILES string of the molecule is [CH2]CCc1cn(-c2ccc3c(c2)OC(F)(F)O3)nn1. The van der Waals surface area contributed by atoms with E-state index in [2.05, 4.69) is 26.7 Å². The van der Waals surface area contributed by atoms with Gasteiger partial charge in [-0.2, -0.15) is 0 Å². The number of aromatic nitrogens is 3. The molecule has 0 bridgehead atoms. The highest BCUT2D eigenvalue weighted by molar-refractivity contribution is 5.50. The number of ether oxygens (including phenoxy) is 2. The van der Waals surface area contributed by atoms with Crippen molar-refractivity contribution in [2.24, 2.45) is 0 Å². The third-order valence-corrected chi connectivity index (χ3v) is 2.62. The van der Waals surface area contributed by atoms with E-state index in [4.69, 9.17) is 0 Å². The lowest BCUT2D eigenvalue weighted by atomic mass is 10.2. The Kier molecular flexibility index (Phi) is 2.62. The summed E-state index contributed by atoms with van der Waals surface area (Å²) in [4.78, 5) is 0. The van der Waals surface area contributed by atoms with Gasteiger partial charge in [0.1, 0.15) is 0 Å². The number of aryl methyl sites for hydroxylation is 1. The van der Waals surface area contributed by atoms with Crippen molar-refractivity contribution in [1.82, 2.24) is 15.0 Å². The highest BCUT2D eigenvalue weighted by atomic mass is 19.3. The number of benzene rings is 1. The molecule has 1 aliphatic rings. The second-order valence-electron chi connectivity index (χ2n) is 4.06. The standard InChI is InChI=1S/C12H10F2N3O2/c1-2-3-8-7-17(16-15-8)9-4-5-10-11(6-9)19-12(13,14)18-10/h4-7H,1-3H2. The Hall–Kier alpha value is -2.18. The summed E-state index contributed by atoms with van der Waals surface area (Å²) in [7, 11) is 0. The summed E-state index contributed by atoms with van der Waals surface area (Å²) in [6.07, 6.45) is -0.460. The Morgan fingerprint density at radius 2 is 2.05 bits per heavy atom. The quantitative estimate of drug-likeness (QED) is 0.855. The molecule has 5 nitrogen and oxygen atoms in total.